The van der Waals surface area contributed by atoms with E-state index in [2.05, 4.69) is 20.8 Å². The van der Waals surface area contributed by atoms with E-state index in [1.807, 2.05) is 0 Å². The van der Waals surface area contributed by atoms with E-state index in [1.165, 1.54) is 53.6 Å². The Morgan fingerprint density at radius 3 is 1.21 bits per heavy atom. The zero-order chi connectivity index (χ0) is 10.9. The molecule has 0 amide bonds. The summed E-state index contributed by atoms with van der Waals surface area (Å²) in [5, 5.41) is 4.12. The summed E-state index contributed by atoms with van der Waals surface area (Å²) in [4.78, 5) is 0. The summed E-state index contributed by atoms with van der Waals surface area (Å²) in [5.41, 5.74) is 0. The molecule has 0 aliphatic rings. The summed E-state index contributed by atoms with van der Waals surface area (Å²) in [6, 6.07) is 0. The predicted octanol–water partition coefficient (Wildman–Crippen LogP) is 5.95. The fourth-order valence-electron chi connectivity index (χ4n) is 1.24. The molecule has 0 aliphatic heterocycles. The second-order valence-electron chi connectivity index (χ2n) is 3.83. The fourth-order valence-corrected chi connectivity index (χ4v) is 8.90. The summed E-state index contributed by atoms with van der Waals surface area (Å²) in [5.74, 6) is 0. The Balaban J connectivity index is 3.89. The Labute approximate surface area is 97.7 Å². The van der Waals surface area contributed by atoms with Crippen LogP contribution in [0.4, 0.5) is 0 Å². The molecule has 0 heterocycles. The quantitative estimate of drug-likeness (QED) is 0.462. The van der Waals surface area contributed by atoms with Gasteiger partial charge in [-0.15, -0.1) is 0 Å². The van der Waals surface area contributed by atoms with Crippen LogP contribution >= 0.6 is 9.69 Å². The summed E-state index contributed by atoms with van der Waals surface area (Å²) < 4.78 is 0. The van der Waals surface area contributed by atoms with Crippen LogP contribution in [0.3, 0.4) is 0 Å². The van der Waals surface area contributed by atoms with Crippen molar-refractivity contribution in [3.8, 4) is 0 Å². The fraction of sp³-hybridized carbons (Fsp3) is 1.00. The van der Waals surface area contributed by atoms with Gasteiger partial charge in [-0.25, -0.2) is 0 Å². The normalized spacial score (nSPS) is 13.1. The molecule has 0 radical (unpaired) electrons. The van der Waals surface area contributed by atoms with Gasteiger partial charge in [0.05, 0.1) is 0 Å². The van der Waals surface area contributed by atoms with Crippen LogP contribution in [-0.2, 0) is 13.8 Å². The molecule has 0 saturated carbocycles. The molecular formula is C12H27ClRh. The van der Waals surface area contributed by atoms with Crippen LogP contribution in [0.15, 0.2) is 0 Å². The zero-order valence-electron chi connectivity index (χ0n) is 10.1. The molecular weight excluding hydrogens is 282 g/mol. The number of hydrogen-bond acceptors (Lipinski definition) is 0. The van der Waals surface area contributed by atoms with Crippen molar-refractivity contribution >= 4 is 9.69 Å². The average Bonchev–Trinajstić information content (AvgIpc) is 2.21. The summed E-state index contributed by atoms with van der Waals surface area (Å²) in [7, 11) is 6.84. The maximum absolute atomic E-state index is 6.84. The van der Waals surface area contributed by atoms with Crippen molar-refractivity contribution in [1.29, 1.82) is 0 Å². The van der Waals surface area contributed by atoms with Crippen LogP contribution in [-0.4, -0.2) is 0 Å². The van der Waals surface area contributed by atoms with E-state index < -0.39 is 13.8 Å². The first kappa shape index (κ1) is 14.9. The van der Waals surface area contributed by atoms with Crippen LogP contribution in [0.5, 0.6) is 0 Å². The maximum atomic E-state index is 6.84. The molecule has 0 aromatic heterocycles. The van der Waals surface area contributed by atoms with Gasteiger partial charge in [0.15, 0.2) is 0 Å². The van der Waals surface area contributed by atoms with E-state index in [4.69, 9.17) is 9.69 Å². The van der Waals surface area contributed by atoms with Crippen molar-refractivity contribution < 1.29 is 13.8 Å². The average molecular weight is 310 g/mol. The summed E-state index contributed by atoms with van der Waals surface area (Å²) in [6.07, 6.45) is 8.01. The van der Waals surface area contributed by atoms with E-state index in [9.17, 15) is 0 Å². The van der Waals surface area contributed by atoms with Crippen molar-refractivity contribution in [3.63, 3.8) is 0 Å². The van der Waals surface area contributed by atoms with Crippen LogP contribution in [0, 0.1) is 0 Å². The molecule has 0 aromatic carbocycles. The van der Waals surface area contributed by atoms with Gasteiger partial charge in [-0.05, 0) is 0 Å². The monoisotopic (exact) mass is 309 g/mol. The Morgan fingerprint density at radius 1 is 0.714 bits per heavy atom. The molecule has 0 fully saturated rings. The van der Waals surface area contributed by atoms with E-state index in [1.54, 1.807) is 0 Å². The summed E-state index contributed by atoms with van der Waals surface area (Å²) in [6.45, 7) is 6.82. The van der Waals surface area contributed by atoms with E-state index >= 15 is 0 Å². The van der Waals surface area contributed by atoms with Crippen molar-refractivity contribution in [2.75, 3.05) is 0 Å². The van der Waals surface area contributed by atoms with Crippen LogP contribution < -0.4 is 0 Å². The van der Waals surface area contributed by atoms with Gasteiger partial charge in [0.1, 0.15) is 0 Å². The van der Waals surface area contributed by atoms with Crippen LogP contribution in [0.2, 0.25) is 15.0 Å². The van der Waals surface area contributed by atoms with Crippen molar-refractivity contribution in [3.05, 3.63) is 0 Å². The SMILES string of the molecule is CCC[CH2][Rh]([Cl])([CH2]CCC)[CH2]CCC. The van der Waals surface area contributed by atoms with Crippen molar-refractivity contribution in [1.82, 2.24) is 0 Å². The predicted molar refractivity (Wildman–Crippen MR) is 65.0 cm³/mol. The first-order valence-electron chi connectivity index (χ1n) is 5.95. The molecule has 14 heavy (non-hydrogen) atoms. The van der Waals surface area contributed by atoms with Crippen LogP contribution in [0.1, 0.15) is 59.3 Å². The molecule has 0 rings (SSSR count). The van der Waals surface area contributed by atoms with Gasteiger partial charge in [0, 0.05) is 0 Å². The Hall–Kier alpha value is 0.913. The topological polar surface area (TPSA) is 0 Å². The standard InChI is InChI=1S/3C4H9.ClH.Rh/c3*1-3-4-2;;/h3*1,3-4H2,2H3;1H;/q;;;;+1/p-1. The number of unbranched alkanes of at least 4 members (excludes halogenated alkanes) is 3. The molecule has 91 valence electrons. The Morgan fingerprint density at radius 2 is 1.00 bits per heavy atom. The van der Waals surface area contributed by atoms with E-state index in [0.717, 1.165) is 0 Å². The van der Waals surface area contributed by atoms with E-state index in [-0.39, 0.29) is 0 Å². The Kier molecular flexibility index (Phi) is 9.76. The number of halogens is 1. The molecule has 0 bridgehead atoms. The van der Waals surface area contributed by atoms with Crippen molar-refractivity contribution in [2.45, 2.75) is 74.3 Å². The van der Waals surface area contributed by atoms with Crippen molar-refractivity contribution in [2.24, 2.45) is 0 Å². The summed E-state index contributed by atoms with van der Waals surface area (Å²) >= 11 is -1.56. The third kappa shape index (κ3) is 7.24. The minimum atomic E-state index is -1.56. The number of hydrogen-bond donors (Lipinski definition) is 0. The van der Waals surface area contributed by atoms with Crippen LogP contribution in [0.25, 0.3) is 0 Å². The van der Waals surface area contributed by atoms with Gasteiger partial charge in [0.2, 0.25) is 0 Å². The first-order valence-corrected chi connectivity index (χ1v) is 11.5. The Bertz CT molecular complexity index is 104. The first-order chi connectivity index (χ1) is 6.68. The molecule has 0 N–H and O–H groups in total. The molecule has 0 aromatic rings. The third-order valence-corrected chi connectivity index (χ3v) is 10.7. The van der Waals surface area contributed by atoms with E-state index in [0.29, 0.717) is 0 Å². The minimum absolute atomic E-state index is 1.31. The van der Waals surface area contributed by atoms with Gasteiger partial charge in [0.25, 0.3) is 0 Å². The molecule has 2 heteroatoms. The molecule has 0 unspecified atom stereocenters. The molecule has 0 aliphatic carbocycles. The second-order valence-corrected chi connectivity index (χ2v) is 13.2. The molecule has 0 spiro atoms. The second kappa shape index (κ2) is 9.16. The zero-order valence-corrected chi connectivity index (χ0v) is 12.5. The van der Waals surface area contributed by atoms with Gasteiger partial charge >= 0.3 is 97.8 Å². The van der Waals surface area contributed by atoms with Gasteiger partial charge in [-0.2, -0.15) is 0 Å². The molecule has 0 nitrogen and oxygen atoms in total. The van der Waals surface area contributed by atoms with Gasteiger partial charge in [-0.3, -0.25) is 0 Å². The molecule has 0 saturated heterocycles. The number of rotatable bonds is 9. The van der Waals surface area contributed by atoms with Gasteiger partial charge in [-0.1, -0.05) is 0 Å². The third-order valence-electron chi connectivity index (χ3n) is 2.31. The van der Waals surface area contributed by atoms with Gasteiger partial charge < -0.3 is 0 Å². The molecule has 0 atom stereocenters.